The molecule has 10 N–H and O–H groups in total. The van der Waals surface area contributed by atoms with Gasteiger partial charge in [-0.15, -0.1) is 0 Å². The fourth-order valence-electron chi connectivity index (χ4n) is 7.76. The number of carbonyl (C=O) groups excluding carboxylic acids is 4. The molecule has 18 heteroatoms. The van der Waals surface area contributed by atoms with Crippen molar-refractivity contribution in [2.75, 3.05) is 74.9 Å². The van der Waals surface area contributed by atoms with Crippen molar-refractivity contribution in [3.05, 3.63) is 45.9 Å². The monoisotopic (exact) mass is 981 g/mol. The van der Waals surface area contributed by atoms with Crippen LogP contribution in [-0.4, -0.2) is 113 Å². The van der Waals surface area contributed by atoms with Gasteiger partial charge in [-0.05, 0) is 94.6 Å². The molecule has 2 heterocycles. The van der Waals surface area contributed by atoms with Crippen LogP contribution in [0.2, 0.25) is 0 Å². The van der Waals surface area contributed by atoms with Crippen LogP contribution >= 0.6 is 11.8 Å². The lowest BCUT2D eigenvalue weighted by atomic mass is 10.0. The molecule has 0 aliphatic heterocycles. The van der Waals surface area contributed by atoms with Crippen LogP contribution in [0.1, 0.15) is 172 Å². The van der Waals surface area contributed by atoms with Crippen LogP contribution in [0.5, 0.6) is 0 Å². The average molecular weight is 981 g/mol. The Morgan fingerprint density at radius 1 is 0.652 bits per heavy atom. The summed E-state index contributed by atoms with van der Waals surface area (Å²) >= 11 is 1.71. The number of nitrogens with two attached hydrogens (primary N) is 1. The zero-order valence-corrected chi connectivity index (χ0v) is 43.2. The summed E-state index contributed by atoms with van der Waals surface area (Å²) in [6, 6.07) is 6.33. The minimum atomic E-state index is -0.497. The van der Waals surface area contributed by atoms with E-state index in [-0.39, 0.29) is 48.2 Å². The Kier molecular flexibility index (Phi) is 31.6. The molecule has 0 spiro atoms. The van der Waals surface area contributed by atoms with Gasteiger partial charge in [-0.2, -0.15) is 21.7 Å². The number of aromatic amines is 1. The molecule has 0 aliphatic carbocycles. The number of rotatable bonds is 42. The summed E-state index contributed by atoms with van der Waals surface area (Å²) in [5.41, 5.74) is 7.69. The number of thioether (sulfide) groups is 1. The molecule has 0 saturated carbocycles. The van der Waals surface area contributed by atoms with E-state index in [1.807, 2.05) is 0 Å². The molecule has 3 rings (SSSR count). The van der Waals surface area contributed by atoms with Crippen LogP contribution in [0.3, 0.4) is 0 Å². The van der Waals surface area contributed by atoms with E-state index in [2.05, 4.69) is 72.9 Å². The third-order valence-corrected chi connectivity index (χ3v) is 13.1. The number of nitrogen functional groups attached to an aromatic ring is 1. The van der Waals surface area contributed by atoms with Crippen molar-refractivity contribution >= 4 is 58.3 Å². The molecule has 1 atom stereocenters. The number of amides is 4. The summed E-state index contributed by atoms with van der Waals surface area (Å²) in [6.07, 6.45) is 23.6. The van der Waals surface area contributed by atoms with Crippen molar-refractivity contribution < 1.29 is 19.2 Å². The molecule has 0 saturated heterocycles. The van der Waals surface area contributed by atoms with E-state index in [1.165, 1.54) is 75.2 Å². The Balaban J connectivity index is 1.16. The Morgan fingerprint density at radius 3 is 1.87 bits per heavy atom. The van der Waals surface area contributed by atoms with Crippen molar-refractivity contribution in [2.45, 2.75) is 168 Å². The minimum absolute atomic E-state index is 0.0218. The molecule has 0 bridgehead atoms. The molecule has 3 aromatic rings. The van der Waals surface area contributed by atoms with E-state index in [9.17, 15) is 24.0 Å². The van der Waals surface area contributed by atoms with E-state index in [1.54, 1.807) is 36.0 Å². The Hall–Kier alpha value is -4.68. The molecule has 4 amide bonds. The van der Waals surface area contributed by atoms with Crippen LogP contribution in [0.15, 0.2) is 29.1 Å². The number of carbonyl (C=O) groups is 4. The summed E-state index contributed by atoms with van der Waals surface area (Å²) in [6.45, 7) is 11.7. The van der Waals surface area contributed by atoms with Crippen molar-refractivity contribution in [3.8, 4) is 0 Å². The number of fused-ring (bicyclic) bond motifs is 1. The van der Waals surface area contributed by atoms with Crippen molar-refractivity contribution in [3.63, 3.8) is 0 Å². The zero-order valence-electron chi connectivity index (χ0n) is 42.4. The quantitative estimate of drug-likeness (QED) is 0.0267. The van der Waals surface area contributed by atoms with Crippen LogP contribution in [-0.2, 0) is 20.9 Å². The first-order valence-corrected chi connectivity index (χ1v) is 27.5. The fourth-order valence-corrected chi connectivity index (χ4v) is 8.69. The molecule has 0 aliphatic rings. The van der Waals surface area contributed by atoms with Gasteiger partial charge in [-0.25, -0.2) is 4.79 Å². The standard InChI is InChI=1S/C51H88N12O5S/c1-4-7-9-10-11-12-13-14-15-16-17-18-19-24-43(64)59-42(39-69-36-6-3)49(67)56-35-23-32-54-30-21-20-29-53-31-22-34-55-44(65)37-58-48(66)41-27-25-40(26-28-41)38-63-47-45(60-51(63)68)46(52)61-50(62-47)57-33-8-5-2/h25-28,42,53-54H,4-24,29-39H2,1-3H3,(H,55,65)(H,56,67)(H,58,66)(H,59,64)(H,60,68)(H3,52,57,61,62)/t42-/m0/s1. The van der Waals surface area contributed by atoms with Crippen LogP contribution in [0, 0.1) is 0 Å². The second-order valence-corrected chi connectivity index (χ2v) is 19.2. The maximum Gasteiger partial charge on any atom is 0.328 e. The number of hydrogen-bond donors (Lipinski definition) is 9. The lowest BCUT2D eigenvalue weighted by Gasteiger charge is -2.18. The normalized spacial score (nSPS) is 11.7. The zero-order chi connectivity index (χ0) is 49.7. The number of benzene rings is 1. The summed E-state index contributed by atoms with van der Waals surface area (Å²) in [7, 11) is 0. The second-order valence-electron chi connectivity index (χ2n) is 18.1. The number of hydrogen-bond acceptors (Lipinski definition) is 12. The van der Waals surface area contributed by atoms with Gasteiger partial charge in [-0.1, -0.05) is 116 Å². The maximum atomic E-state index is 13.0. The highest BCUT2D eigenvalue weighted by molar-refractivity contribution is 7.99. The molecular weight excluding hydrogens is 893 g/mol. The summed E-state index contributed by atoms with van der Waals surface area (Å²) in [5, 5.41) is 21.6. The molecule has 69 heavy (non-hydrogen) atoms. The molecule has 2 aromatic heterocycles. The van der Waals surface area contributed by atoms with Crippen LogP contribution in [0.25, 0.3) is 11.2 Å². The predicted octanol–water partition coefficient (Wildman–Crippen LogP) is 6.77. The lowest BCUT2D eigenvalue weighted by molar-refractivity contribution is -0.128. The van der Waals surface area contributed by atoms with E-state index >= 15 is 0 Å². The third-order valence-electron chi connectivity index (χ3n) is 11.9. The topological polar surface area (TPSA) is 242 Å². The summed E-state index contributed by atoms with van der Waals surface area (Å²) < 4.78 is 1.48. The van der Waals surface area contributed by atoms with Gasteiger partial charge in [0.05, 0.1) is 13.1 Å². The number of aromatic nitrogens is 4. The molecule has 0 fully saturated rings. The Labute approximate surface area is 416 Å². The highest BCUT2D eigenvalue weighted by Crippen LogP contribution is 2.18. The molecular formula is C51H88N12O5S. The van der Waals surface area contributed by atoms with Gasteiger partial charge in [0, 0.05) is 37.4 Å². The smallest absolute Gasteiger partial charge is 0.328 e. The van der Waals surface area contributed by atoms with Gasteiger partial charge in [-0.3, -0.25) is 23.7 Å². The first-order chi connectivity index (χ1) is 33.7. The average Bonchev–Trinajstić information content (AvgIpc) is 3.66. The fraction of sp³-hybridized carbons (Fsp3) is 0.706. The molecule has 388 valence electrons. The first-order valence-electron chi connectivity index (χ1n) is 26.4. The Morgan fingerprint density at radius 2 is 1.25 bits per heavy atom. The third kappa shape index (κ3) is 25.7. The number of imidazole rings is 1. The second kappa shape index (κ2) is 37.2. The highest BCUT2D eigenvalue weighted by atomic mass is 32.2. The van der Waals surface area contributed by atoms with Crippen molar-refractivity contribution in [1.82, 2.24) is 51.4 Å². The highest BCUT2D eigenvalue weighted by Gasteiger charge is 2.20. The number of nitrogens with one attached hydrogen (secondary N) is 8. The lowest BCUT2D eigenvalue weighted by Crippen LogP contribution is -2.48. The van der Waals surface area contributed by atoms with Gasteiger partial charge in [0.2, 0.25) is 23.7 Å². The van der Waals surface area contributed by atoms with E-state index in [0.717, 1.165) is 95.3 Å². The first kappa shape index (κ1) is 58.6. The number of unbranched alkanes of at least 4 members (excludes halogenated alkanes) is 14. The van der Waals surface area contributed by atoms with Crippen LogP contribution < -0.4 is 48.6 Å². The Bertz CT molecular complexity index is 1940. The van der Waals surface area contributed by atoms with Gasteiger partial charge >= 0.3 is 5.69 Å². The van der Waals surface area contributed by atoms with Crippen molar-refractivity contribution in [1.29, 1.82) is 0 Å². The summed E-state index contributed by atoms with van der Waals surface area (Å²) in [4.78, 5) is 75.1. The SMILES string of the molecule is CCCCCCCCCCCCCCCC(=O)N[C@@H](CSCCC)C(=O)NCCCNCCCCNCCCNC(=O)CNC(=O)c1ccc(Cn2c(=O)[nH]c3c(N)nc(NCCCC)nc32)cc1. The molecule has 17 nitrogen and oxygen atoms in total. The maximum absolute atomic E-state index is 13.0. The van der Waals surface area contributed by atoms with Gasteiger partial charge in [0.1, 0.15) is 11.6 Å². The number of H-pyrrole nitrogens is 1. The van der Waals surface area contributed by atoms with Crippen molar-refractivity contribution in [2.24, 2.45) is 0 Å². The molecule has 0 radical (unpaired) electrons. The largest absolute Gasteiger partial charge is 0.382 e. The van der Waals surface area contributed by atoms with Gasteiger partial charge < -0.3 is 47.9 Å². The van der Waals surface area contributed by atoms with Crippen LogP contribution in [0.4, 0.5) is 11.8 Å². The van der Waals surface area contributed by atoms with E-state index in [0.29, 0.717) is 54.5 Å². The molecule has 0 unspecified atom stereocenters. The summed E-state index contributed by atoms with van der Waals surface area (Å²) in [5.74, 6) is 1.36. The number of anilines is 2. The predicted molar refractivity (Wildman–Crippen MR) is 284 cm³/mol. The van der Waals surface area contributed by atoms with Gasteiger partial charge in [0.25, 0.3) is 5.91 Å². The number of nitrogens with zero attached hydrogens (tertiary/aromatic N) is 3. The van der Waals surface area contributed by atoms with E-state index < -0.39 is 6.04 Å². The molecule has 1 aromatic carbocycles. The van der Waals surface area contributed by atoms with E-state index in [4.69, 9.17) is 5.73 Å². The minimum Gasteiger partial charge on any atom is -0.382 e. The van der Waals surface area contributed by atoms with Gasteiger partial charge in [0.15, 0.2) is 11.5 Å².